The van der Waals surface area contributed by atoms with Crippen molar-refractivity contribution in [1.29, 1.82) is 0 Å². The lowest BCUT2D eigenvalue weighted by Gasteiger charge is -2.10. The van der Waals surface area contributed by atoms with E-state index in [1.807, 2.05) is 38.5 Å². The Morgan fingerprint density at radius 1 is 1.26 bits per heavy atom. The van der Waals surface area contributed by atoms with Crippen LogP contribution in [-0.2, 0) is 11.3 Å². The smallest absolute Gasteiger partial charge is 0.251 e. The number of fused-ring (bicyclic) bond motifs is 1. The highest BCUT2D eigenvalue weighted by atomic mass is 16.5. The highest BCUT2D eigenvalue weighted by Gasteiger charge is 2.16. The molecule has 4 heterocycles. The SMILES string of the molecule is Cc1noc(C)c1-c1cnc2cc(C(=O)NCCC[n+]3ccc(N(C)C)cc3)ccn12.O=C[O-]. The predicted molar refractivity (Wildman–Crippen MR) is 124 cm³/mol. The van der Waals surface area contributed by atoms with Crippen LogP contribution in [0.2, 0.25) is 0 Å². The molecular weight excluding hydrogens is 436 g/mol. The summed E-state index contributed by atoms with van der Waals surface area (Å²) in [4.78, 5) is 27.4. The monoisotopic (exact) mass is 464 g/mol. The number of carboxylic acid groups (broad SMARTS) is 1. The lowest BCUT2D eigenvalue weighted by atomic mass is 10.1. The highest BCUT2D eigenvalue weighted by Crippen LogP contribution is 2.27. The minimum atomic E-state index is -0.500. The van der Waals surface area contributed by atoms with Gasteiger partial charge in [-0.2, -0.15) is 0 Å². The summed E-state index contributed by atoms with van der Waals surface area (Å²) in [5.41, 5.74) is 5.11. The van der Waals surface area contributed by atoms with Gasteiger partial charge < -0.3 is 24.6 Å². The average Bonchev–Trinajstić information content (AvgIpc) is 3.38. The van der Waals surface area contributed by atoms with E-state index in [0.717, 1.165) is 41.4 Å². The van der Waals surface area contributed by atoms with E-state index in [4.69, 9.17) is 14.4 Å². The maximum absolute atomic E-state index is 12.6. The van der Waals surface area contributed by atoms with Gasteiger partial charge in [-0.15, -0.1) is 0 Å². The average molecular weight is 465 g/mol. The van der Waals surface area contributed by atoms with Gasteiger partial charge in [-0.05, 0) is 26.0 Å². The van der Waals surface area contributed by atoms with Crippen LogP contribution in [0.5, 0.6) is 0 Å². The van der Waals surface area contributed by atoms with Crippen molar-refractivity contribution < 1.29 is 23.8 Å². The minimum Gasteiger partial charge on any atom is -0.554 e. The summed E-state index contributed by atoms with van der Waals surface area (Å²) in [5.74, 6) is 0.646. The normalized spacial score (nSPS) is 10.5. The Hall–Kier alpha value is -4.21. The highest BCUT2D eigenvalue weighted by molar-refractivity contribution is 5.95. The molecule has 0 atom stereocenters. The zero-order chi connectivity index (χ0) is 24.7. The van der Waals surface area contributed by atoms with E-state index < -0.39 is 6.47 Å². The molecule has 0 aromatic carbocycles. The van der Waals surface area contributed by atoms with Gasteiger partial charge in [0.1, 0.15) is 18.0 Å². The van der Waals surface area contributed by atoms with Crippen molar-refractivity contribution in [2.24, 2.45) is 0 Å². The molecule has 178 valence electrons. The van der Waals surface area contributed by atoms with Crippen LogP contribution in [0, 0.1) is 13.8 Å². The molecule has 4 rings (SSSR count). The molecule has 0 unspecified atom stereocenters. The number of amides is 1. The number of carbonyl (C=O) groups is 2. The van der Waals surface area contributed by atoms with Gasteiger partial charge in [0, 0.05) is 63.1 Å². The molecule has 1 N–H and O–H groups in total. The number of pyridine rings is 2. The Morgan fingerprint density at radius 2 is 1.97 bits per heavy atom. The van der Waals surface area contributed by atoms with Gasteiger partial charge in [-0.25, -0.2) is 9.55 Å². The van der Waals surface area contributed by atoms with Crippen LogP contribution >= 0.6 is 0 Å². The van der Waals surface area contributed by atoms with Gasteiger partial charge in [0.15, 0.2) is 12.4 Å². The summed E-state index contributed by atoms with van der Waals surface area (Å²) in [5, 5.41) is 15.3. The van der Waals surface area contributed by atoms with Gasteiger partial charge in [-0.1, -0.05) is 5.16 Å². The fourth-order valence-electron chi connectivity index (χ4n) is 3.62. The first-order chi connectivity index (χ1) is 16.3. The summed E-state index contributed by atoms with van der Waals surface area (Å²) in [6.07, 6.45) is 8.60. The topological polar surface area (TPSA) is 120 Å². The number of hydrogen-bond acceptors (Lipinski definition) is 7. The van der Waals surface area contributed by atoms with Gasteiger partial charge in [0.25, 0.3) is 5.91 Å². The first kappa shape index (κ1) is 24.4. The maximum atomic E-state index is 12.6. The van der Waals surface area contributed by atoms with E-state index in [9.17, 15) is 4.79 Å². The molecule has 0 radical (unpaired) electrons. The van der Waals surface area contributed by atoms with E-state index in [1.165, 1.54) is 0 Å². The number of nitrogens with one attached hydrogen (secondary N) is 1. The van der Waals surface area contributed by atoms with Gasteiger partial charge in [-0.3, -0.25) is 9.20 Å². The summed E-state index contributed by atoms with van der Waals surface area (Å²) in [6.45, 7) is 4.73. The number of rotatable bonds is 7. The van der Waals surface area contributed by atoms with Gasteiger partial charge in [0.05, 0.1) is 23.1 Å². The number of aromatic nitrogens is 4. The van der Waals surface area contributed by atoms with Crippen molar-refractivity contribution in [3.63, 3.8) is 0 Å². The van der Waals surface area contributed by atoms with E-state index in [-0.39, 0.29) is 5.91 Å². The van der Waals surface area contributed by atoms with Crippen LogP contribution in [0.3, 0.4) is 0 Å². The largest absolute Gasteiger partial charge is 0.554 e. The quantitative estimate of drug-likeness (QED) is 0.247. The Morgan fingerprint density at radius 3 is 2.59 bits per heavy atom. The van der Waals surface area contributed by atoms with Crippen LogP contribution in [0.1, 0.15) is 28.2 Å². The van der Waals surface area contributed by atoms with Crippen molar-refractivity contribution in [3.8, 4) is 11.3 Å². The molecule has 0 aliphatic rings. The predicted octanol–water partition coefficient (Wildman–Crippen LogP) is 1.15. The van der Waals surface area contributed by atoms with E-state index in [1.54, 1.807) is 18.3 Å². The van der Waals surface area contributed by atoms with Crippen LogP contribution in [-0.4, -0.2) is 47.6 Å². The number of hydrogen-bond donors (Lipinski definition) is 1. The maximum Gasteiger partial charge on any atom is 0.251 e. The zero-order valence-electron chi connectivity index (χ0n) is 19.7. The van der Waals surface area contributed by atoms with E-state index >= 15 is 0 Å². The second-order valence-corrected chi connectivity index (χ2v) is 7.88. The molecule has 4 aromatic rings. The van der Waals surface area contributed by atoms with Crippen LogP contribution in [0.4, 0.5) is 5.69 Å². The number of carbonyl (C=O) groups excluding carboxylic acids is 2. The fraction of sp³-hybridized carbons (Fsp3) is 0.292. The molecule has 0 saturated heterocycles. The molecule has 10 nitrogen and oxygen atoms in total. The second kappa shape index (κ2) is 11.1. The van der Waals surface area contributed by atoms with Crippen molar-refractivity contribution in [1.82, 2.24) is 19.9 Å². The molecule has 34 heavy (non-hydrogen) atoms. The van der Waals surface area contributed by atoms with Crippen LogP contribution in [0.25, 0.3) is 16.9 Å². The molecule has 0 bridgehead atoms. The zero-order valence-corrected chi connectivity index (χ0v) is 19.7. The summed E-state index contributed by atoms with van der Waals surface area (Å²) >= 11 is 0. The third-order valence-electron chi connectivity index (χ3n) is 5.33. The molecule has 0 aliphatic carbocycles. The number of anilines is 1. The van der Waals surface area contributed by atoms with E-state index in [0.29, 0.717) is 17.8 Å². The summed E-state index contributed by atoms with van der Waals surface area (Å²) in [6, 6.07) is 7.76. The van der Waals surface area contributed by atoms with E-state index in [2.05, 4.69) is 49.5 Å². The van der Waals surface area contributed by atoms with Crippen LogP contribution < -0.4 is 19.9 Å². The number of imidazole rings is 1. The minimum absolute atomic E-state index is 0.0997. The molecule has 0 spiro atoms. The third kappa shape index (κ3) is 5.58. The van der Waals surface area contributed by atoms with Gasteiger partial charge >= 0.3 is 0 Å². The van der Waals surface area contributed by atoms with Crippen molar-refractivity contribution in [2.45, 2.75) is 26.8 Å². The first-order valence-corrected chi connectivity index (χ1v) is 10.8. The summed E-state index contributed by atoms with van der Waals surface area (Å²) in [7, 11) is 4.04. The van der Waals surface area contributed by atoms with Gasteiger partial charge in [0.2, 0.25) is 0 Å². The van der Waals surface area contributed by atoms with Crippen molar-refractivity contribution in [3.05, 3.63) is 66.1 Å². The number of aryl methyl sites for hydroxylation is 3. The van der Waals surface area contributed by atoms with Crippen molar-refractivity contribution >= 4 is 23.7 Å². The summed E-state index contributed by atoms with van der Waals surface area (Å²) < 4.78 is 9.33. The molecule has 1 amide bonds. The molecule has 0 fully saturated rings. The first-order valence-electron chi connectivity index (χ1n) is 10.8. The third-order valence-corrected chi connectivity index (χ3v) is 5.33. The molecule has 10 heteroatoms. The Balaban J connectivity index is 0.00000103. The standard InChI is InChI=1S/C23H26N6O2.CH2O2/c1-16-22(17(2)31-26-16)20-15-25-21-14-18(6-13-29(20)21)23(30)24-9-5-10-28-11-7-19(8-12-28)27(3)4;2-1-3/h6-8,11-15H,5,9-10H2,1-4H3;1H,(H,2,3). The van der Waals surface area contributed by atoms with Crippen molar-refractivity contribution in [2.75, 3.05) is 25.5 Å². The fourth-order valence-corrected chi connectivity index (χ4v) is 3.62. The Labute approximate surface area is 197 Å². The number of nitrogens with zero attached hydrogens (tertiary/aromatic N) is 5. The molecular formula is C24H28N6O4. The Bertz CT molecular complexity index is 1240. The second-order valence-electron chi connectivity index (χ2n) is 7.88. The van der Waals surface area contributed by atoms with Crippen LogP contribution in [0.15, 0.2) is 53.6 Å². The molecule has 4 aromatic heterocycles. The lowest BCUT2D eigenvalue weighted by Crippen LogP contribution is -2.35. The Kier molecular flexibility index (Phi) is 7.96. The lowest BCUT2D eigenvalue weighted by molar-refractivity contribution is -0.697. The molecule has 0 saturated carbocycles. The molecule has 0 aliphatic heterocycles.